The number of rotatable bonds is 4. The average molecular weight is 370 g/mol. The van der Waals surface area contributed by atoms with Crippen molar-refractivity contribution >= 4 is 43.4 Å². The number of carbonyl (C=O) groups is 1. The Morgan fingerprint density at radius 3 is 2.69 bits per heavy atom. The smallest absolute Gasteiger partial charge is 0.335 e. The van der Waals surface area contributed by atoms with Gasteiger partial charge in [-0.3, -0.25) is 0 Å². The molecule has 2 heterocycles. The molecule has 1 aromatic carbocycles. The van der Waals surface area contributed by atoms with E-state index in [1.165, 1.54) is 12.8 Å². The Morgan fingerprint density at radius 2 is 2.00 bits per heavy atom. The highest BCUT2D eigenvalue weighted by molar-refractivity contribution is 7.25. The Bertz CT molecular complexity index is 961. The molecule has 6 nitrogen and oxygen atoms in total. The van der Waals surface area contributed by atoms with Crippen molar-refractivity contribution in [1.82, 2.24) is 14.9 Å². The van der Waals surface area contributed by atoms with Crippen molar-refractivity contribution in [2.24, 2.45) is 0 Å². The Balaban J connectivity index is 1.68. The molecule has 0 bridgehead atoms. The molecule has 0 saturated heterocycles. The van der Waals surface area contributed by atoms with E-state index < -0.39 is 5.97 Å². The van der Waals surface area contributed by atoms with E-state index in [-0.39, 0.29) is 0 Å². The first-order chi connectivity index (χ1) is 12.5. The van der Waals surface area contributed by atoms with Gasteiger partial charge in [-0.2, -0.15) is 0 Å². The van der Waals surface area contributed by atoms with E-state index in [0.29, 0.717) is 17.6 Å². The number of hydrogen-bond donors (Lipinski definition) is 2. The molecule has 1 aliphatic rings. The lowest BCUT2D eigenvalue weighted by atomic mass is 9.90. The van der Waals surface area contributed by atoms with Crippen LogP contribution in [0.1, 0.15) is 36.0 Å². The molecule has 26 heavy (non-hydrogen) atoms. The molecule has 136 valence electrons. The van der Waals surface area contributed by atoms with Gasteiger partial charge in [-0.05, 0) is 58.0 Å². The van der Waals surface area contributed by atoms with E-state index in [1.54, 1.807) is 29.8 Å². The van der Waals surface area contributed by atoms with E-state index in [4.69, 9.17) is 0 Å². The number of hydrogen-bond acceptors (Lipinski definition) is 6. The summed E-state index contributed by atoms with van der Waals surface area (Å²) in [7, 11) is 4.29. The van der Waals surface area contributed by atoms with Gasteiger partial charge in [0.2, 0.25) is 0 Å². The highest BCUT2D eigenvalue weighted by Crippen LogP contribution is 2.37. The number of fused-ring (bicyclic) bond motifs is 3. The molecule has 1 fully saturated rings. The fraction of sp³-hybridized carbons (Fsp3) is 0.421. The molecule has 7 heteroatoms. The van der Waals surface area contributed by atoms with Crippen molar-refractivity contribution in [2.75, 3.05) is 19.4 Å². The monoisotopic (exact) mass is 370 g/mol. The Labute approximate surface area is 155 Å². The summed E-state index contributed by atoms with van der Waals surface area (Å²) in [6.07, 6.45) is 6.15. The number of nitrogens with zero attached hydrogens (tertiary/aromatic N) is 3. The maximum absolute atomic E-state index is 11.3. The minimum atomic E-state index is -0.917. The van der Waals surface area contributed by atoms with Crippen LogP contribution >= 0.6 is 11.3 Å². The standard InChI is InChI=1S/C19H22N4O2S/c1-23(2)13-6-4-12(5-7-13)22-17-16-14-9-11(19(24)25)3-8-15(14)26-18(16)21-10-20-17/h3,8-10,12-13H,4-7H2,1-2H3,(H,24,25)(H,20,21,22). The van der Waals surface area contributed by atoms with Crippen LogP contribution in [0.4, 0.5) is 5.82 Å². The van der Waals surface area contributed by atoms with Crippen molar-refractivity contribution in [3.63, 3.8) is 0 Å². The van der Waals surface area contributed by atoms with Gasteiger partial charge < -0.3 is 15.3 Å². The molecule has 0 atom stereocenters. The van der Waals surface area contributed by atoms with Crippen LogP contribution in [0, 0.1) is 0 Å². The third-order valence-corrected chi connectivity index (χ3v) is 6.36. The summed E-state index contributed by atoms with van der Waals surface area (Å²) in [5.74, 6) is -0.100. The largest absolute Gasteiger partial charge is 0.478 e. The second-order valence-corrected chi connectivity index (χ2v) is 8.16. The van der Waals surface area contributed by atoms with Crippen molar-refractivity contribution < 1.29 is 9.90 Å². The molecular weight excluding hydrogens is 348 g/mol. The van der Waals surface area contributed by atoms with Gasteiger partial charge >= 0.3 is 5.97 Å². The Kier molecular flexibility index (Phi) is 4.50. The molecule has 4 rings (SSSR count). The van der Waals surface area contributed by atoms with Crippen molar-refractivity contribution in [3.8, 4) is 0 Å². The fourth-order valence-corrected chi connectivity index (χ4v) is 4.80. The average Bonchev–Trinajstić information content (AvgIpc) is 3.00. The van der Waals surface area contributed by atoms with Crippen LogP contribution < -0.4 is 5.32 Å². The van der Waals surface area contributed by atoms with Crippen LogP contribution in [-0.2, 0) is 0 Å². The lowest BCUT2D eigenvalue weighted by Gasteiger charge is -2.33. The number of carboxylic acids is 1. The maximum Gasteiger partial charge on any atom is 0.335 e. The fourth-order valence-electron chi connectivity index (χ4n) is 3.78. The van der Waals surface area contributed by atoms with Gasteiger partial charge in [0.25, 0.3) is 0 Å². The summed E-state index contributed by atoms with van der Waals surface area (Å²) in [5.41, 5.74) is 0.290. The molecule has 0 aliphatic heterocycles. The summed E-state index contributed by atoms with van der Waals surface area (Å²) in [6, 6.07) is 6.27. The number of nitrogens with one attached hydrogen (secondary N) is 1. The van der Waals surface area contributed by atoms with Crippen molar-refractivity contribution in [3.05, 3.63) is 30.1 Å². The number of aromatic nitrogens is 2. The van der Waals surface area contributed by atoms with E-state index in [0.717, 1.165) is 39.0 Å². The molecule has 1 saturated carbocycles. The SMILES string of the molecule is CN(C)C1CCC(Nc2ncnc3sc4ccc(C(=O)O)cc4c23)CC1. The molecule has 3 aromatic rings. The van der Waals surface area contributed by atoms with Crippen LogP contribution in [0.3, 0.4) is 0 Å². The number of anilines is 1. The molecule has 0 amide bonds. The zero-order valence-corrected chi connectivity index (χ0v) is 15.7. The number of carboxylic acid groups (broad SMARTS) is 1. The predicted octanol–water partition coefficient (Wildman–Crippen LogP) is 3.83. The van der Waals surface area contributed by atoms with Gasteiger partial charge in [-0.15, -0.1) is 11.3 Å². The van der Waals surface area contributed by atoms with Gasteiger partial charge in [0.15, 0.2) is 0 Å². The number of benzene rings is 1. The minimum Gasteiger partial charge on any atom is -0.478 e. The molecule has 2 N–H and O–H groups in total. The molecule has 2 aromatic heterocycles. The van der Waals surface area contributed by atoms with E-state index in [2.05, 4.69) is 34.3 Å². The third kappa shape index (κ3) is 3.12. The van der Waals surface area contributed by atoms with Crippen LogP contribution in [0.5, 0.6) is 0 Å². The highest BCUT2D eigenvalue weighted by Gasteiger charge is 2.23. The van der Waals surface area contributed by atoms with Gasteiger partial charge in [-0.25, -0.2) is 14.8 Å². The van der Waals surface area contributed by atoms with Crippen LogP contribution in [0.15, 0.2) is 24.5 Å². The van der Waals surface area contributed by atoms with Gasteiger partial charge in [0.05, 0.1) is 10.9 Å². The summed E-state index contributed by atoms with van der Waals surface area (Å²) < 4.78 is 1.03. The quantitative estimate of drug-likeness (QED) is 0.727. The Hall–Kier alpha value is -2.25. The van der Waals surface area contributed by atoms with Crippen LogP contribution in [0.25, 0.3) is 20.3 Å². The summed E-state index contributed by atoms with van der Waals surface area (Å²) in [6.45, 7) is 0. The topological polar surface area (TPSA) is 78.3 Å². The van der Waals surface area contributed by atoms with E-state index in [1.807, 2.05) is 6.07 Å². The van der Waals surface area contributed by atoms with Crippen LogP contribution in [-0.4, -0.2) is 52.1 Å². The zero-order chi connectivity index (χ0) is 18.3. The first-order valence-corrected chi connectivity index (χ1v) is 9.68. The first kappa shape index (κ1) is 17.2. The Morgan fingerprint density at radius 1 is 1.23 bits per heavy atom. The second-order valence-electron chi connectivity index (χ2n) is 7.13. The predicted molar refractivity (Wildman–Crippen MR) is 105 cm³/mol. The summed E-state index contributed by atoms with van der Waals surface area (Å²) in [5, 5.41) is 14.8. The van der Waals surface area contributed by atoms with Crippen LogP contribution in [0.2, 0.25) is 0 Å². The molecule has 0 spiro atoms. The highest BCUT2D eigenvalue weighted by atomic mass is 32.1. The van der Waals surface area contributed by atoms with Crippen molar-refractivity contribution in [2.45, 2.75) is 37.8 Å². The first-order valence-electron chi connectivity index (χ1n) is 8.86. The van der Waals surface area contributed by atoms with E-state index in [9.17, 15) is 9.90 Å². The maximum atomic E-state index is 11.3. The number of thiophene rings is 1. The minimum absolute atomic E-state index is 0.290. The van der Waals surface area contributed by atoms with Gasteiger partial charge in [0, 0.05) is 22.2 Å². The lowest BCUT2D eigenvalue weighted by Crippen LogP contribution is -2.36. The lowest BCUT2D eigenvalue weighted by molar-refractivity contribution is 0.0697. The molecule has 1 aliphatic carbocycles. The van der Waals surface area contributed by atoms with Gasteiger partial charge in [-0.1, -0.05) is 0 Å². The van der Waals surface area contributed by atoms with Gasteiger partial charge in [0.1, 0.15) is 17.0 Å². The zero-order valence-electron chi connectivity index (χ0n) is 14.9. The summed E-state index contributed by atoms with van der Waals surface area (Å²) >= 11 is 1.57. The second kappa shape index (κ2) is 6.81. The number of aromatic carboxylic acids is 1. The summed E-state index contributed by atoms with van der Waals surface area (Å²) in [4.78, 5) is 23.4. The molecular formula is C19H22N4O2S. The third-order valence-electron chi connectivity index (χ3n) is 5.28. The molecule has 0 radical (unpaired) electrons. The van der Waals surface area contributed by atoms with Crippen molar-refractivity contribution in [1.29, 1.82) is 0 Å². The molecule has 0 unspecified atom stereocenters. The normalized spacial score (nSPS) is 20.7. The van der Waals surface area contributed by atoms with E-state index >= 15 is 0 Å².